The number of hydrogen-bond acceptors (Lipinski definition) is 2. The molecule has 0 fully saturated rings. The van der Waals surface area contributed by atoms with Crippen molar-refractivity contribution in [1.29, 1.82) is 0 Å². The third-order valence-corrected chi connectivity index (χ3v) is 11.6. The molecule has 2 nitrogen and oxygen atoms in total. The van der Waals surface area contributed by atoms with Gasteiger partial charge in [0.15, 0.2) is 0 Å². The molecule has 2 heterocycles. The zero-order valence-corrected chi connectivity index (χ0v) is 30.3. The van der Waals surface area contributed by atoms with E-state index in [-0.39, 0.29) is 0 Å². The molecule has 0 atom stereocenters. The first-order chi connectivity index (χ1) is 27.7. The molecule has 0 saturated carbocycles. The fourth-order valence-electron chi connectivity index (χ4n) is 9.06. The van der Waals surface area contributed by atoms with E-state index in [9.17, 15) is 0 Å². The molecule has 0 aliphatic rings. The van der Waals surface area contributed by atoms with Crippen LogP contribution in [0.5, 0.6) is 0 Å². The van der Waals surface area contributed by atoms with Crippen LogP contribution in [0.15, 0.2) is 203 Å². The molecule has 10 aromatic carbocycles. The average Bonchev–Trinajstić information content (AvgIpc) is 3.83. The lowest BCUT2D eigenvalue weighted by Gasteiger charge is -2.20. The largest absolute Gasteiger partial charge is 0.456 e. The van der Waals surface area contributed by atoms with Crippen LogP contribution in [-0.4, -0.2) is 0 Å². The summed E-state index contributed by atoms with van der Waals surface area (Å²) in [7, 11) is 0. The van der Waals surface area contributed by atoms with E-state index in [4.69, 9.17) is 8.83 Å². The van der Waals surface area contributed by atoms with Crippen molar-refractivity contribution < 1.29 is 8.83 Å². The van der Waals surface area contributed by atoms with Gasteiger partial charge in [-0.15, -0.1) is 0 Å². The summed E-state index contributed by atoms with van der Waals surface area (Å²) in [6.45, 7) is 0. The van der Waals surface area contributed by atoms with Gasteiger partial charge in [0.1, 0.15) is 22.3 Å². The first-order valence-corrected chi connectivity index (χ1v) is 19.2. The van der Waals surface area contributed by atoms with E-state index in [1.807, 2.05) is 12.1 Å². The molecule has 0 spiro atoms. The van der Waals surface area contributed by atoms with Crippen molar-refractivity contribution in [3.8, 4) is 44.5 Å². The predicted octanol–water partition coefficient (Wildman–Crippen LogP) is 15.6. The Balaban J connectivity index is 1.19. The summed E-state index contributed by atoms with van der Waals surface area (Å²) in [5.41, 5.74) is 12.8. The molecule has 0 aliphatic carbocycles. The molecule has 0 amide bonds. The Morgan fingerprint density at radius 2 is 0.786 bits per heavy atom. The number of rotatable bonds is 4. The molecule has 12 aromatic rings. The second-order valence-electron chi connectivity index (χ2n) is 14.8. The van der Waals surface area contributed by atoms with Gasteiger partial charge in [0.05, 0.1) is 0 Å². The maximum Gasteiger partial charge on any atom is 0.136 e. The van der Waals surface area contributed by atoms with E-state index in [0.29, 0.717) is 0 Å². The fourth-order valence-corrected chi connectivity index (χ4v) is 9.06. The molecule has 2 aromatic heterocycles. The van der Waals surface area contributed by atoms with Gasteiger partial charge in [0.25, 0.3) is 0 Å². The van der Waals surface area contributed by atoms with Crippen molar-refractivity contribution in [2.75, 3.05) is 0 Å². The van der Waals surface area contributed by atoms with Gasteiger partial charge in [-0.25, -0.2) is 0 Å². The molecule has 2 heteroatoms. The van der Waals surface area contributed by atoms with E-state index >= 15 is 0 Å². The maximum absolute atomic E-state index is 6.72. The van der Waals surface area contributed by atoms with Gasteiger partial charge in [0, 0.05) is 21.5 Å². The summed E-state index contributed by atoms with van der Waals surface area (Å²) in [6, 6.07) is 70.0. The Labute approximate surface area is 322 Å². The number of hydrogen-bond donors (Lipinski definition) is 0. The first-order valence-electron chi connectivity index (χ1n) is 19.2. The highest BCUT2D eigenvalue weighted by atomic mass is 16.3. The van der Waals surface area contributed by atoms with Crippen molar-refractivity contribution in [1.82, 2.24) is 0 Å². The van der Waals surface area contributed by atoms with Gasteiger partial charge in [-0.05, 0) is 125 Å². The van der Waals surface area contributed by atoms with Gasteiger partial charge in [-0.1, -0.05) is 146 Å². The third-order valence-electron chi connectivity index (χ3n) is 11.6. The highest BCUT2D eigenvalue weighted by Crippen LogP contribution is 2.49. The molecular weight excluding hydrogens is 681 g/mol. The van der Waals surface area contributed by atoms with Crippen LogP contribution in [-0.2, 0) is 0 Å². The fraction of sp³-hybridized carbons (Fsp3) is 0. The zero-order chi connectivity index (χ0) is 36.7. The average molecular weight is 713 g/mol. The van der Waals surface area contributed by atoms with Crippen LogP contribution in [0.4, 0.5) is 0 Å². The van der Waals surface area contributed by atoms with Gasteiger partial charge in [-0.3, -0.25) is 0 Å². The van der Waals surface area contributed by atoms with Crippen LogP contribution in [0, 0.1) is 0 Å². The van der Waals surface area contributed by atoms with Crippen LogP contribution in [0.1, 0.15) is 0 Å². The van der Waals surface area contributed by atoms with Crippen LogP contribution in [0.3, 0.4) is 0 Å². The summed E-state index contributed by atoms with van der Waals surface area (Å²) in [5.74, 6) is 0. The maximum atomic E-state index is 6.72. The molecule has 0 N–H and O–H groups in total. The molecule has 0 aliphatic heterocycles. The predicted molar refractivity (Wildman–Crippen MR) is 235 cm³/mol. The van der Waals surface area contributed by atoms with Crippen LogP contribution in [0.2, 0.25) is 0 Å². The zero-order valence-electron chi connectivity index (χ0n) is 30.3. The molecule has 56 heavy (non-hydrogen) atoms. The van der Waals surface area contributed by atoms with Crippen LogP contribution >= 0.6 is 0 Å². The molecule has 0 unspecified atom stereocenters. The van der Waals surface area contributed by atoms with Crippen LogP contribution in [0.25, 0.3) is 121 Å². The lowest BCUT2D eigenvalue weighted by molar-refractivity contribution is 0.668. The Morgan fingerprint density at radius 3 is 1.61 bits per heavy atom. The first kappa shape index (κ1) is 31.0. The smallest absolute Gasteiger partial charge is 0.136 e. The third kappa shape index (κ3) is 4.69. The minimum absolute atomic E-state index is 0.862. The van der Waals surface area contributed by atoms with Crippen molar-refractivity contribution in [2.45, 2.75) is 0 Å². The summed E-state index contributed by atoms with van der Waals surface area (Å²) in [4.78, 5) is 0. The second kappa shape index (κ2) is 12.0. The van der Waals surface area contributed by atoms with Gasteiger partial charge in [0.2, 0.25) is 0 Å². The Hall–Kier alpha value is -7.42. The van der Waals surface area contributed by atoms with Crippen molar-refractivity contribution in [2.24, 2.45) is 0 Å². The monoisotopic (exact) mass is 712 g/mol. The molecular formula is C54H32O2. The van der Waals surface area contributed by atoms with Crippen molar-refractivity contribution in [3.05, 3.63) is 194 Å². The normalized spacial score (nSPS) is 11.9. The van der Waals surface area contributed by atoms with Crippen LogP contribution < -0.4 is 0 Å². The Bertz CT molecular complexity index is 3530. The SMILES string of the molecule is c1ccc(-c2c3ccccc3c(-c3cc(-c4ccc5c(c4)oc4ccccc45)cc4oc5ccccc5c34)c3ccc(-c4ccc5ccccc5c4)cc23)cc1. The summed E-state index contributed by atoms with van der Waals surface area (Å²) in [5, 5.41) is 11.8. The summed E-state index contributed by atoms with van der Waals surface area (Å²) in [6.07, 6.45) is 0. The lowest BCUT2D eigenvalue weighted by Crippen LogP contribution is -1.93. The van der Waals surface area contributed by atoms with E-state index in [0.717, 1.165) is 60.6 Å². The Kier molecular flexibility index (Phi) is 6.66. The van der Waals surface area contributed by atoms with E-state index in [1.54, 1.807) is 0 Å². The molecule has 0 radical (unpaired) electrons. The van der Waals surface area contributed by atoms with E-state index in [2.05, 4.69) is 182 Å². The van der Waals surface area contributed by atoms with Crippen molar-refractivity contribution >= 4 is 76.2 Å². The second-order valence-corrected chi connectivity index (χ2v) is 14.8. The van der Waals surface area contributed by atoms with Gasteiger partial charge >= 0.3 is 0 Å². The molecule has 260 valence electrons. The van der Waals surface area contributed by atoms with E-state index in [1.165, 1.54) is 60.1 Å². The number of para-hydroxylation sites is 2. The number of furan rings is 2. The minimum atomic E-state index is 0.862. The summed E-state index contributed by atoms with van der Waals surface area (Å²) < 4.78 is 13.1. The van der Waals surface area contributed by atoms with Gasteiger partial charge < -0.3 is 8.83 Å². The minimum Gasteiger partial charge on any atom is -0.456 e. The molecule has 12 rings (SSSR count). The number of benzene rings is 10. The Morgan fingerprint density at radius 1 is 0.250 bits per heavy atom. The lowest BCUT2D eigenvalue weighted by atomic mass is 9.83. The van der Waals surface area contributed by atoms with Crippen molar-refractivity contribution in [3.63, 3.8) is 0 Å². The molecule has 0 saturated heterocycles. The highest BCUT2D eigenvalue weighted by Gasteiger charge is 2.22. The quantitative estimate of drug-likeness (QED) is 0.170. The van der Waals surface area contributed by atoms with E-state index < -0.39 is 0 Å². The number of fused-ring (bicyclic) bond motifs is 9. The summed E-state index contributed by atoms with van der Waals surface area (Å²) >= 11 is 0. The topological polar surface area (TPSA) is 26.3 Å². The highest BCUT2D eigenvalue weighted by molar-refractivity contribution is 6.26. The van der Waals surface area contributed by atoms with Gasteiger partial charge in [-0.2, -0.15) is 0 Å². The molecule has 0 bridgehead atoms. The standard InChI is InChI=1S/C54H32O2/c1-2-13-34(14-3-1)52-42-17-6-7-18-43(42)53(44-27-25-37(29-46(44)52)36-23-22-33-12-4-5-15-35(33)28-36)47-30-39(32-51-54(47)45-19-9-11-21-49(45)56-51)38-24-26-41-40-16-8-10-20-48(40)55-50(41)31-38/h1-32H.